The largest absolute Gasteiger partial charge is 0.760 e. The van der Waals surface area contributed by atoms with Crippen molar-refractivity contribution in [2.75, 3.05) is 36.1 Å². The Hall–Kier alpha value is -3.21. The predicted octanol–water partition coefficient (Wildman–Crippen LogP) is 3.81. The van der Waals surface area contributed by atoms with E-state index in [2.05, 4.69) is 30.6 Å². The summed E-state index contributed by atoms with van der Waals surface area (Å²) in [6.45, 7) is 2.28. The fourth-order valence-electron chi connectivity index (χ4n) is 5.25. The van der Waals surface area contributed by atoms with Crippen LogP contribution in [0.15, 0.2) is 18.3 Å². The number of rotatable bonds is 8. The Morgan fingerprint density at radius 2 is 2.02 bits per heavy atom. The molecule has 1 saturated carbocycles. The van der Waals surface area contributed by atoms with E-state index in [0.29, 0.717) is 10.7 Å². The summed E-state index contributed by atoms with van der Waals surface area (Å²) in [4.78, 5) is 33.9. The van der Waals surface area contributed by atoms with Crippen LogP contribution in [0.25, 0.3) is 0 Å². The molecule has 2 aromatic rings. The summed E-state index contributed by atoms with van der Waals surface area (Å²) in [7, 11) is 1.36. The van der Waals surface area contributed by atoms with Crippen molar-refractivity contribution in [2.24, 2.45) is 5.92 Å². The molecule has 2 aliphatic rings. The van der Waals surface area contributed by atoms with Gasteiger partial charge in [-0.2, -0.15) is 18.2 Å². The molecule has 4 N–H and O–H groups in total. The zero-order chi connectivity index (χ0) is 30.8. The molecule has 2 amide bonds. The molecule has 1 aliphatic carbocycles. The second-order valence-corrected chi connectivity index (χ2v) is 11.7. The van der Waals surface area contributed by atoms with Gasteiger partial charge in [0.1, 0.15) is 17.3 Å². The van der Waals surface area contributed by atoms with Gasteiger partial charge in [-0.15, -0.1) is 0 Å². The lowest BCUT2D eigenvalue weighted by Gasteiger charge is -2.37. The third-order valence-electron chi connectivity index (χ3n) is 7.42. The maximum absolute atomic E-state index is 13.4. The average molecular weight is 633 g/mol. The molecule has 1 aromatic carbocycles. The van der Waals surface area contributed by atoms with Crippen LogP contribution in [0.3, 0.4) is 0 Å². The molecular weight excluding hydrogens is 603 g/mol. The number of halogens is 4. The Balaban J connectivity index is 1.63. The number of hydrogen-bond donors (Lipinski definition) is 4. The second-order valence-electron chi connectivity index (χ2n) is 10.5. The standard InChI is InChI=1S/C25H31ClF3N7O5S/c1-24(2)14-8-19(41-3)18(9-17(14)32-20(37)12-36(24)22(38)25(27,28)29)34-23-30-11-15(26)21(35-23)33-16-7-5-4-6-13(16)10-31-42(39)40/h8-9,11,13,16,31H,4-7,10,12H2,1-3H3,(H,32,37)(H,39,40)(H2,30,33,34,35)/p-1/t13-,16-/m1/s1. The molecule has 3 atom stereocenters. The highest BCUT2D eigenvalue weighted by atomic mass is 35.5. The van der Waals surface area contributed by atoms with Gasteiger partial charge in [-0.3, -0.25) is 13.8 Å². The fraction of sp³-hybridized carbons (Fsp3) is 0.520. The van der Waals surface area contributed by atoms with Crippen LogP contribution in [0.2, 0.25) is 5.02 Å². The van der Waals surface area contributed by atoms with Gasteiger partial charge in [-0.05, 0) is 44.7 Å². The summed E-state index contributed by atoms with van der Waals surface area (Å²) in [5.41, 5.74) is -0.853. The SMILES string of the molecule is COc1cc2c(cc1Nc1ncc(Cl)c(N[C@@H]3CCCC[C@@H]3CNS(=O)[O-])n1)NC(=O)CN(C(=O)C(F)(F)F)C2(C)C. The van der Waals surface area contributed by atoms with Gasteiger partial charge in [0, 0.05) is 35.1 Å². The van der Waals surface area contributed by atoms with Crippen LogP contribution in [0, 0.1) is 5.92 Å². The van der Waals surface area contributed by atoms with Crippen LogP contribution in [0.4, 0.5) is 36.3 Å². The monoisotopic (exact) mass is 632 g/mol. The van der Waals surface area contributed by atoms with Crippen LogP contribution in [0.1, 0.15) is 45.1 Å². The minimum Gasteiger partial charge on any atom is -0.760 e. The molecule has 1 aliphatic heterocycles. The van der Waals surface area contributed by atoms with Crippen molar-refractivity contribution in [3.63, 3.8) is 0 Å². The molecule has 0 bridgehead atoms. The van der Waals surface area contributed by atoms with Crippen molar-refractivity contribution in [1.82, 2.24) is 19.6 Å². The molecule has 1 fully saturated rings. The number of fused-ring (bicyclic) bond motifs is 1. The summed E-state index contributed by atoms with van der Waals surface area (Å²) in [5, 5.41) is 9.11. The number of nitrogens with zero attached hydrogens (tertiary/aromatic N) is 3. The molecule has 0 radical (unpaired) electrons. The maximum atomic E-state index is 13.4. The van der Waals surface area contributed by atoms with Gasteiger partial charge in [0.05, 0.1) is 24.5 Å². The number of methoxy groups -OCH3 is 1. The highest BCUT2D eigenvalue weighted by Gasteiger charge is 2.49. The molecular formula is C25H30ClF3N7O5S-. The molecule has 0 saturated heterocycles. The van der Waals surface area contributed by atoms with Gasteiger partial charge < -0.3 is 30.1 Å². The molecule has 1 unspecified atom stereocenters. The molecule has 12 nitrogen and oxygen atoms in total. The van der Waals surface area contributed by atoms with Crippen molar-refractivity contribution < 1.29 is 36.3 Å². The highest BCUT2D eigenvalue weighted by molar-refractivity contribution is 7.77. The molecule has 230 valence electrons. The summed E-state index contributed by atoms with van der Waals surface area (Å²) < 4.78 is 70.0. The summed E-state index contributed by atoms with van der Waals surface area (Å²) in [5.74, 6) is -2.32. The summed E-state index contributed by atoms with van der Waals surface area (Å²) >= 11 is 3.99. The first kappa shape index (κ1) is 31.7. The van der Waals surface area contributed by atoms with Gasteiger partial charge in [-0.1, -0.05) is 24.4 Å². The number of carbonyl (C=O) groups is 2. The number of carbonyl (C=O) groups excluding carboxylic acids is 2. The van der Waals surface area contributed by atoms with E-state index in [1.807, 2.05) is 0 Å². The third-order valence-corrected chi connectivity index (χ3v) is 8.10. The van der Waals surface area contributed by atoms with E-state index in [1.165, 1.54) is 39.3 Å². The van der Waals surface area contributed by atoms with E-state index in [0.717, 1.165) is 25.7 Å². The number of alkyl halides is 3. The number of nitrogens with one attached hydrogen (secondary N) is 4. The Morgan fingerprint density at radius 3 is 2.69 bits per heavy atom. The zero-order valence-electron chi connectivity index (χ0n) is 22.9. The molecule has 1 aromatic heterocycles. The Kier molecular flexibility index (Phi) is 9.49. The average Bonchev–Trinajstić information content (AvgIpc) is 3.01. The first-order valence-electron chi connectivity index (χ1n) is 13.0. The van der Waals surface area contributed by atoms with Crippen LogP contribution in [0.5, 0.6) is 5.75 Å². The fourth-order valence-corrected chi connectivity index (χ4v) is 5.75. The van der Waals surface area contributed by atoms with Crippen molar-refractivity contribution in [2.45, 2.75) is 57.3 Å². The highest BCUT2D eigenvalue weighted by Crippen LogP contribution is 2.43. The van der Waals surface area contributed by atoms with E-state index < -0.39 is 41.3 Å². The minimum atomic E-state index is -5.17. The smallest absolute Gasteiger partial charge is 0.471 e. The van der Waals surface area contributed by atoms with Gasteiger partial charge in [0.25, 0.3) is 0 Å². The maximum Gasteiger partial charge on any atom is 0.471 e. The van der Waals surface area contributed by atoms with Gasteiger partial charge in [0.2, 0.25) is 11.9 Å². The number of hydrogen-bond acceptors (Lipinski definition) is 9. The van der Waals surface area contributed by atoms with Crippen LogP contribution < -0.4 is 25.4 Å². The zero-order valence-corrected chi connectivity index (χ0v) is 24.5. The quantitative estimate of drug-likeness (QED) is 0.317. The second kappa shape index (κ2) is 12.6. The minimum absolute atomic E-state index is 0.0134. The van der Waals surface area contributed by atoms with Crippen molar-refractivity contribution >= 4 is 57.8 Å². The van der Waals surface area contributed by atoms with E-state index >= 15 is 0 Å². The number of ether oxygens (including phenoxy) is 1. The Morgan fingerprint density at radius 1 is 1.31 bits per heavy atom. The first-order valence-corrected chi connectivity index (χ1v) is 14.5. The van der Waals surface area contributed by atoms with Gasteiger partial charge in [-0.25, -0.2) is 9.71 Å². The number of amides is 2. The van der Waals surface area contributed by atoms with E-state index in [1.54, 1.807) is 0 Å². The van der Waals surface area contributed by atoms with E-state index in [4.69, 9.17) is 16.3 Å². The van der Waals surface area contributed by atoms with E-state index in [9.17, 15) is 31.5 Å². The Bertz CT molecular complexity index is 1380. The normalized spacial score (nSPS) is 21.0. The lowest BCUT2D eigenvalue weighted by Crippen LogP contribution is -2.52. The molecule has 4 rings (SSSR count). The molecule has 0 spiro atoms. The lowest BCUT2D eigenvalue weighted by molar-refractivity contribution is -0.191. The van der Waals surface area contributed by atoms with Gasteiger partial charge in [0.15, 0.2) is 5.82 Å². The number of benzene rings is 1. The van der Waals surface area contributed by atoms with Crippen LogP contribution >= 0.6 is 11.6 Å². The molecule has 2 heterocycles. The first-order chi connectivity index (χ1) is 19.7. The van der Waals surface area contributed by atoms with Crippen molar-refractivity contribution in [3.8, 4) is 5.75 Å². The van der Waals surface area contributed by atoms with Gasteiger partial charge >= 0.3 is 12.1 Å². The number of anilines is 4. The van der Waals surface area contributed by atoms with Crippen molar-refractivity contribution in [1.29, 1.82) is 0 Å². The lowest BCUT2D eigenvalue weighted by atomic mass is 9.84. The predicted molar refractivity (Wildman–Crippen MR) is 149 cm³/mol. The summed E-state index contributed by atoms with van der Waals surface area (Å²) in [6, 6.07) is 2.80. The Labute approximate surface area is 247 Å². The third kappa shape index (κ3) is 7.04. The summed E-state index contributed by atoms with van der Waals surface area (Å²) in [6.07, 6.45) is -0.284. The number of aromatic nitrogens is 2. The molecule has 17 heteroatoms. The van der Waals surface area contributed by atoms with Crippen LogP contribution in [-0.2, 0) is 26.4 Å². The van der Waals surface area contributed by atoms with E-state index in [-0.39, 0.29) is 52.2 Å². The topological polar surface area (TPSA) is 161 Å². The molecule has 42 heavy (non-hydrogen) atoms. The van der Waals surface area contributed by atoms with Crippen LogP contribution in [-0.4, -0.2) is 67.9 Å². The van der Waals surface area contributed by atoms with Crippen molar-refractivity contribution in [3.05, 3.63) is 28.9 Å².